The minimum Gasteiger partial charge on any atom is -0.480 e. The lowest BCUT2D eigenvalue weighted by Crippen LogP contribution is -2.42. The van der Waals surface area contributed by atoms with Crippen LogP contribution in [0.5, 0.6) is 0 Å². The number of benzene rings is 5. The topological polar surface area (TPSA) is 83.5 Å². The molecule has 0 spiro atoms. The van der Waals surface area contributed by atoms with Crippen LogP contribution < -0.4 is 4.72 Å². The molecule has 0 aliphatic rings. The second-order valence-corrected chi connectivity index (χ2v) is 10.8. The highest BCUT2D eigenvalue weighted by atomic mass is 32.2. The van der Waals surface area contributed by atoms with E-state index in [0.717, 1.165) is 33.2 Å². The van der Waals surface area contributed by atoms with Crippen LogP contribution in [0.4, 0.5) is 0 Å². The Kier molecular flexibility index (Phi) is 7.55. The van der Waals surface area contributed by atoms with E-state index in [2.05, 4.69) is 40.8 Å². The standard InChI is InChI=1S/C33H25NO4S/c35-33(36)32(23-25-6-2-1-3-7-25)34-39(37,38)31-20-18-29(19-21-31)28-15-12-24(13-16-28)10-11-26-14-17-27-8-4-5-9-30(27)22-26/h1-9,12-22,32,34H,23H2,(H,35,36)/t32-/m1/s1. The summed E-state index contributed by atoms with van der Waals surface area (Å²) in [5.41, 5.74) is 4.29. The second-order valence-electron chi connectivity index (χ2n) is 9.12. The number of carbonyl (C=O) groups is 1. The van der Waals surface area contributed by atoms with E-state index >= 15 is 0 Å². The maximum Gasteiger partial charge on any atom is 0.322 e. The molecule has 0 saturated heterocycles. The van der Waals surface area contributed by atoms with E-state index in [0.29, 0.717) is 0 Å². The van der Waals surface area contributed by atoms with E-state index in [9.17, 15) is 18.3 Å². The summed E-state index contributed by atoms with van der Waals surface area (Å²) in [6.45, 7) is 0. The van der Waals surface area contributed by atoms with Gasteiger partial charge in [0.1, 0.15) is 6.04 Å². The second kappa shape index (κ2) is 11.4. The lowest BCUT2D eigenvalue weighted by Gasteiger charge is -2.15. The van der Waals surface area contributed by atoms with Crippen molar-refractivity contribution in [1.29, 1.82) is 0 Å². The average molecular weight is 532 g/mol. The lowest BCUT2D eigenvalue weighted by atomic mass is 10.0. The Morgan fingerprint density at radius 1 is 0.692 bits per heavy atom. The molecule has 192 valence electrons. The predicted molar refractivity (Wildman–Crippen MR) is 154 cm³/mol. The molecule has 5 nitrogen and oxygen atoms in total. The third-order valence-electron chi connectivity index (χ3n) is 6.36. The maximum atomic E-state index is 12.9. The highest BCUT2D eigenvalue weighted by Gasteiger charge is 2.25. The van der Waals surface area contributed by atoms with Gasteiger partial charge in [-0.2, -0.15) is 4.72 Å². The van der Waals surface area contributed by atoms with Gasteiger partial charge in [-0.1, -0.05) is 96.8 Å². The fourth-order valence-corrected chi connectivity index (χ4v) is 5.46. The van der Waals surface area contributed by atoms with Crippen LogP contribution in [0.25, 0.3) is 21.9 Å². The Labute approximate surface area is 227 Å². The van der Waals surface area contributed by atoms with Crippen molar-refractivity contribution in [3.05, 3.63) is 138 Å². The molecule has 6 heteroatoms. The van der Waals surface area contributed by atoms with Crippen LogP contribution in [0.2, 0.25) is 0 Å². The molecule has 0 saturated carbocycles. The Morgan fingerprint density at radius 2 is 1.26 bits per heavy atom. The number of nitrogens with one attached hydrogen (secondary N) is 1. The zero-order valence-electron chi connectivity index (χ0n) is 20.9. The first-order valence-electron chi connectivity index (χ1n) is 12.4. The van der Waals surface area contributed by atoms with Crippen molar-refractivity contribution in [3.63, 3.8) is 0 Å². The number of sulfonamides is 1. The van der Waals surface area contributed by atoms with E-state index in [1.807, 2.05) is 48.5 Å². The molecule has 2 N–H and O–H groups in total. The molecule has 5 rings (SSSR count). The van der Waals surface area contributed by atoms with Crippen LogP contribution in [-0.2, 0) is 21.2 Å². The van der Waals surface area contributed by atoms with Crippen molar-refractivity contribution in [3.8, 4) is 23.0 Å². The molecule has 0 bridgehead atoms. The normalized spacial score (nSPS) is 11.9. The van der Waals surface area contributed by atoms with Gasteiger partial charge >= 0.3 is 5.97 Å². The largest absolute Gasteiger partial charge is 0.480 e. The van der Waals surface area contributed by atoms with Crippen molar-refractivity contribution >= 4 is 26.8 Å². The molecule has 5 aromatic rings. The van der Waals surface area contributed by atoms with Crippen molar-refractivity contribution in [1.82, 2.24) is 4.72 Å². The first-order chi connectivity index (χ1) is 18.9. The molecular formula is C33H25NO4S. The number of hydrogen-bond donors (Lipinski definition) is 2. The van der Waals surface area contributed by atoms with Crippen LogP contribution in [0.3, 0.4) is 0 Å². The molecule has 0 radical (unpaired) electrons. The summed E-state index contributed by atoms with van der Waals surface area (Å²) >= 11 is 0. The van der Waals surface area contributed by atoms with Crippen LogP contribution >= 0.6 is 0 Å². The first-order valence-corrected chi connectivity index (χ1v) is 13.9. The summed E-state index contributed by atoms with van der Waals surface area (Å²) in [5.74, 6) is 5.17. The molecule has 39 heavy (non-hydrogen) atoms. The number of rotatable bonds is 7. The van der Waals surface area contributed by atoms with E-state index in [1.54, 1.807) is 36.4 Å². The van der Waals surface area contributed by atoms with Crippen LogP contribution in [0.15, 0.2) is 126 Å². The Bertz CT molecular complexity index is 1780. The van der Waals surface area contributed by atoms with Gasteiger partial charge in [-0.15, -0.1) is 0 Å². The van der Waals surface area contributed by atoms with Gasteiger partial charge < -0.3 is 5.11 Å². The number of hydrogen-bond acceptors (Lipinski definition) is 3. The van der Waals surface area contributed by atoms with Crippen molar-refractivity contribution in [2.45, 2.75) is 17.4 Å². The first kappa shape index (κ1) is 25.9. The minimum absolute atomic E-state index is 0.00318. The predicted octanol–water partition coefficient (Wildman–Crippen LogP) is 5.88. The lowest BCUT2D eigenvalue weighted by molar-refractivity contribution is -0.138. The maximum absolute atomic E-state index is 12.9. The third kappa shape index (κ3) is 6.42. The smallest absolute Gasteiger partial charge is 0.322 e. The Balaban J connectivity index is 1.28. The number of carboxylic acids is 1. The zero-order chi connectivity index (χ0) is 27.2. The summed E-state index contributed by atoms with van der Waals surface area (Å²) in [5, 5.41) is 11.9. The molecule has 0 aliphatic carbocycles. The highest BCUT2D eigenvalue weighted by molar-refractivity contribution is 7.89. The van der Waals surface area contributed by atoms with Gasteiger partial charge in [-0.3, -0.25) is 4.79 Å². The number of fused-ring (bicyclic) bond motifs is 1. The number of aliphatic carboxylic acids is 1. The summed E-state index contributed by atoms with van der Waals surface area (Å²) in [7, 11) is -4.03. The van der Waals surface area contributed by atoms with Crippen molar-refractivity contribution in [2.75, 3.05) is 0 Å². The van der Waals surface area contributed by atoms with Gasteiger partial charge in [-0.25, -0.2) is 8.42 Å². The molecule has 0 aromatic heterocycles. The fourth-order valence-electron chi connectivity index (χ4n) is 4.27. The number of carboxylic acid groups (broad SMARTS) is 1. The highest BCUT2D eigenvalue weighted by Crippen LogP contribution is 2.22. The molecule has 0 heterocycles. The summed E-state index contributed by atoms with van der Waals surface area (Å²) in [6.07, 6.45) is 0.0452. The zero-order valence-corrected chi connectivity index (χ0v) is 21.7. The summed E-state index contributed by atoms with van der Waals surface area (Å²) in [6, 6.07) is 36.0. The molecule has 1 atom stereocenters. The van der Waals surface area contributed by atoms with Gasteiger partial charge in [0.05, 0.1) is 4.90 Å². The molecule has 0 amide bonds. The average Bonchev–Trinajstić information content (AvgIpc) is 2.96. The Morgan fingerprint density at radius 3 is 1.92 bits per heavy atom. The van der Waals surface area contributed by atoms with Gasteiger partial charge in [0.25, 0.3) is 0 Å². The van der Waals surface area contributed by atoms with Crippen molar-refractivity contribution in [2.24, 2.45) is 0 Å². The molecule has 0 unspecified atom stereocenters. The molecule has 5 aromatic carbocycles. The van der Waals surface area contributed by atoms with E-state index < -0.39 is 22.0 Å². The summed E-state index contributed by atoms with van der Waals surface area (Å²) in [4.78, 5) is 11.7. The fraction of sp³-hybridized carbons (Fsp3) is 0.0606. The third-order valence-corrected chi connectivity index (χ3v) is 7.85. The molecular weight excluding hydrogens is 506 g/mol. The van der Waals surface area contributed by atoms with E-state index in [-0.39, 0.29) is 11.3 Å². The van der Waals surface area contributed by atoms with Gasteiger partial charge in [0, 0.05) is 11.1 Å². The van der Waals surface area contributed by atoms with Gasteiger partial charge in [-0.05, 0) is 70.3 Å². The minimum atomic E-state index is -4.03. The summed E-state index contributed by atoms with van der Waals surface area (Å²) < 4.78 is 28.1. The Hall–Kier alpha value is -4.70. The van der Waals surface area contributed by atoms with Gasteiger partial charge in [0.2, 0.25) is 10.0 Å². The van der Waals surface area contributed by atoms with Crippen molar-refractivity contribution < 1.29 is 18.3 Å². The SMILES string of the molecule is O=C(O)[C@@H](Cc1ccccc1)NS(=O)(=O)c1ccc(-c2ccc(C#Cc3ccc4ccccc4c3)cc2)cc1. The van der Waals surface area contributed by atoms with Crippen LogP contribution in [0.1, 0.15) is 16.7 Å². The van der Waals surface area contributed by atoms with E-state index in [1.165, 1.54) is 17.5 Å². The van der Waals surface area contributed by atoms with Crippen LogP contribution in [0, 0.1) is 11.8 Å². The monoisotopic (exact) mass is 531 g/mol. The molecule has 0 aliphatic heterocycles. The van der Waals surface area contributed by atoms with Gasteiger partial charge in [0.15, 0.2) is 0 Å². The molecule has 0 fully saturated rings. The quantitative estimate of drug-likeness (QED) is 0.257. The van der Waals surface area contributed by atoms with Crippen LogP contribution in [-0.4, -0.2) is 25.5 Å². The van der Waals surface area contributed by atoms with E-state index in [4.69, 9.17) is 0 Å².